The molecule has 0 aliphatic rings. The first-order valence-corrected chi connectivity index (χ1v) is 6.04. The van der Waals surface area contributed by atoms with Crippen LogP contribution in [0, 0.1) is 0 Å². The monoisotopic (exact) mass is 341 g/mol. The summed E-state index contributed by atoms with van der Waals surface area (Å²) in [6, 6.07) is 3.72. The zero-order valence-corrected chi connectivity index (χ0v) is 11.5. The molecule has 0 radical (unpaired) electrons. The summed E-state index contributed by atoms with van der Waals surface area (Å²) in [4.78, 5) is 11.3. The highest BCUT2D eigenvalue weighted by Crippen LogP contribution is 2.32. The number of ether oxygens (including phenoxy) is 2. The highest BCUT2D eigenvalue weighted by atomic mass is 79.9. The Bertz CT molecular complexity index is 451. The first kappa shape index (κ1) is 15.8. The summed E-state index contributed by atoms with van der Waals surface area (Å²) in [7, 11) is 0. The number of halogens is 4. The molecule has 0 aliphatic heterocycles. The first-order chi connectivity index (χ1) is 8.81. The van der Waals surface area contributed by atoms with Gasteiger partial charge >= 0.3 is 6.36 Å². The zero-order valence-electron chi connectivity index (χ0n) is 9.88. The SMILES string of the molecule is CCOCC(=O)Nc1ccc(OC(F)(F)F)c(Br)c1. The molecule has 0 saturated heterocycles. The van der Waals surface area contributed by atoms with E-state index in [0.29, 0.717) is 12.3 Å². The highest BCUT2D eigenvalue weighted by molar-refractivity contribution is 9.10. The fourth-order valence-corrected chi connectivity index (χ4v) is 1.64. The van der Waals surface area contributed by atoms with Crippen LogP contribution in [0.15, 0.2) is 22.7 Å². The molecule has 8 heteroatoms. The van der Waals surface area contributed by atoms with Gasteiger partial charge < -0.3 is 14.8 Å². The molecule has 106 valence electrons. The van der Waals surface area contributed by atoms with Gasteiger partial charge in [-0.1, -0.05) is 0 Å². The maximum Gasteiger partial charge on any atom is 0.573 e. The molecule has 0 atom stereocenters. The molecular weight excluding hydrogens is 331 g/mol. The van der Waals surface area contributed by atoms with E-state index in [1.807, 2.05) is 0 Å². The Morgan fingerprint density at radius 2 is 2.11 bits per heavy atom. The van der Waals surface area contributed by atoms with Gasteiger partial charge in [0.15, 0.2) is 0 Å². The summed E-state index contributed by atoms with van der Waals surface area (Å²) in [6.07, 6.45) is -4.76. The van der Waals surface area contributed by atoms with Gasteiger partial charge in [-0.15, -0.1) is 13.2 Å². The lowest BCUT2D eigenvalue weighted by Crippen LogP contribution is -2.19. The van der Waals surface area contributed by atoms with E-state index < -0.39 is 12.3 Å². The zero-order chi connectivity index (χ0) is 14.5. The number of hydrogen-bond donors (Lipinski definition) is 1. The van der Waals surface area contributed by atoms with Crippen LogP contribution in [0.2, 0.25) is 0 Å². The number of rotatable bonds is 5. The van der Waals surface area contributed by atoms with Gasteiger partial charge in [0.2, 0.25) is 5.91 Å². The van der Waals surface area contributed by atoms with Crippen LogP contribution in [0.25, 0.3) is 0 Å². The van der Waals surface area contributed by atoms with E-state index in [-0.39, 0.29) is 16.8 Å². The molecule has 1 rings (SSSR count). The van der Waals surface area contributed by atoms with Gasteiger partial charge in [-0.2, -0.15) is 0 Å². The average molecular weight is 342 g/mol. The van der Waals surface area contributed by atoms with Crippen molar-refractivity contribution in [2.45, 2.75) is 13.3 Å². The van der Waals surface area contributed by atoms with Gasteiger partial charge in [0, 0.05) is 12.3 Å². The molecule has 1 aromatic rings. The number of carbonyl (C=O) groups is 1. The second kappa shape index (κ2) is 6.76. The van der Waals surface area contributed by atoms with Crippen LogP contribution in [0.4, 0.5) is 18.9 Å². The molecule has 0 bridgehead atoms. The van der Waals surface area contributed by atoms with E-state index in [0.717, 1.165) is 6.07 Å². The molecule has 1 N–H and O–H groups in total. The second-order valence-electron chi connectivity index (χ2n) is 3.38. The molecule has 19 heavy (non-hydrogen) atoms. The molecular formula is C11H11BrF3NO3. The van der Waals surface area contributed by atoms with Crippen molar-refractivity contribution < 1.29 is 27.4 Å². The average Bonchev–Trinajstić information content (AvgIpc) is 2.28. The topological polar surface area (TPSA) is 47.6 Å². The van der Waals surface area contributed by atoms with Crippen LogP contribution in [-0.4, -0.2) is 25.5 Å². The summed E-state index contributed by atoms with van der Waals surface area (Å²) >= 11 is 2.93. The maximum absolute atomic E-state index is 12.0. The van der Waals surface area contributed by atoms with E-state index in [2.05, 4.69) is 26.0 Å². The van der Waals surface area contributed by atoms with Gasteiger partial charge in [-0.3, -0.25) is 4.79 Å². The predicted molar refractivity (Wildman–Crippen MR) is 65.9 cm³/mol. The molecule has 4 nitrogen and oxygen atoms in total. The van der Waals surface area contributed by atoms with E-state index in [1.165, 1.54) is 12.1 Å². The molecule has 1 amide bonds. The van der Waals surface area contributed by atoms with E-state index >= 15 is 0 Å². The molecule has 0 heterocycles. The number of benzene rings is 1. The summed E-state index contributed by atoms with van der Waals surface area (Å²) < 4.78 is 44.9. The first-order valence-electron chi connectivity index (χ1n) is 5.24. The van der Waals surface area contributed by atoms with Gasteiger partial charge in [0.1, 0.15) is 12.4 Å². The lowest BCUT2D eigenvalue weighted by Gasteiger charge is -2.12. The standard InChI is InChI=1S/C11H11BrF3NO3/c1-2-18-6-10(17)16-7-3-4-9(8(12)5-7)19-11(13,14)15/h3-5H,2,6H2,1H3,(H,16,17). The molecule has 0 fully saturated rings. The fraction of sp³-hybridized carbons (Fsp3) is 0.364. The summed E-state index contributed by atoms with van der Waals surface area (Å²) in [6.45, 7) is 2.03. The number of anilines is 1. The molecule has 0 unspecified atom stereocenters. The van der Waals surface area contributed by atoms with Gasteiger partial charge in [-0.25, -0.2) is 0 Å². The van der Waals surface area contributed by atoms with Crippen LogP contribution in [-0.2, 0) is 9.53 Å². The van der Waals surface area contributed by atoms with Crippen molar-refractivity contribution in [2.24, 2.45) is 0 Å². The van der Waals surface area contributed by atoms with Crippen molar-refractivity contribution in [3.05, 3.63) is 22.7 Å². The third-order valence-electron chi connectivity index (χ3n) is 1.88. The molecule has 0 aliphatic carbocycles. The van der Waals surface area contributed by atoms with Gasteiger partial charge in [0.05, 0.1) is 4.47 Å². The van der Waals surface area contributed by atoms with Crippen molar-refractivity contribution in [3.63, 3.8) is 0 Å². The maximum atomic E-state index is 12.0. The van der Waals surface area contributed by atoms with E-state index in [1.54, 1.807) is 6.92 Å². The smallest absolute Gasteiger partial charge is 0.405 e. The second-order valence-corrected chi connectivity index (χ2v) is 4.23. The lowest BCUT2D eigenvalue weighted by molar-refractivity contribution is -0.274. The summed E-state index contributed by atoms with van der Waals surface area (Å²) in [5.41, 5.74) is 0.339. The number of nitrogens with one attached hydrogen (secondary N) is 1. The molecule has 0 spiro atoms. The van der Waals surface area contributed by atoms with Crippen molar-refractivity contribution in [3.8, 4) is 5.75 Å². The quantitative estimate of drug-likeness (QED) is 0.893. The predicted octanol–water partition coefficient (Wildman–Crippen LogP) is 3.32. The molecule has 1 aromatic carbocycles. The Hall–Kier alpha value is -1.28. The van der Waals surface area contributed by atoms with Crippen LogP contribution >= 0.6 is 15.9 Å². The largest absolute Gasteiger partial charge is 0.573 e. The van der Waals surface area contributed by atoms with Crippen LogP contribution < -0.4 is 10.1 Å². The van der Waals surface area contributed by atoms with Crippen molar-refractivity contribution in [1.29, 1.82) is 0 Å². The molecule has 0 saturated carbocycles. The minimum atomic E-state index is -4.76. The third kappa shape index (κ3) is 5.93. The van der Waals surface area contributed by atoms with Crippen molar-refractivity contribution in [1.82, 2.24) is 0 Å². The van der Waals surface area contributed by atoms with Gasteiger partial charge in [0.25, 0.3) is 0 Å². The summed E-state index contributed by atoms with van der Waals surface area (Å²) in [5.74, 6) is -0.770. The minimum absolute atomic E-state index is 0.0824. The lowest BCUT2D eigenvalue weighted by atomic mass is 10.3. The summed E-state index contributed by atoms with van der Waals surface area (Å²) in [5, 5.41) is 2.48. The van der Waals surface area contributed by atoms with E-state index in [9.17, 15) is 18.0 Å². The van der Waals surface area contributed by atoms with Crippen LogP contribution in [0.5, 0.6) is 5.75 Å². The minimum Gasteiger partial charge on any atom is -0.405 e. The Morgan fingerprint density at radius 3 is 2.63 bits per heavy atom. The Labute approximate surface area is 116 Å². The molecule has 0 aromatic heterocycles. The number of alkyl halides is 3. The number of hydrogen-bond acceptors (Lipinski definition) is 3. The fourth-order valence-electron chi connectivity index (χ4n) is 1.18. The van der Waals surface area contributed by atoms with Crippen molar-refractivity contribution >= 4 is 27.5 Å². The van der Waals surface area contributed by atoms with Crippen LogP contribution in [0.3, 0.4) is 0 Å². The van der Waals surface area contributed by atoms with E-state index in [4.69, 9.17) is 4.74 Å². The number of amides is 1. The highest BCUT2D eigenvalue weighted by Gasteiger charge is 2.31. The number of carbonyl (C=O) groups excluding carboxylic acids is 1. The van der Waals surface area contributed by atoms with Gasteiger partial charge in [-0.05, 0) is 41.1 Å². The Kier molecular flexibility index (Phi) is 5.61. The Balaban J connectivity index is 2.69. The van der Waals surface area contributed by atoms with Crippen LogP contribution in [0.1, 0.15) is 6.92 Å². The normalized spacial score (nSPS) is 11.2. The third-order valence-corrected chi connectivity index (χ3v) is 2.50. The Morgan fingerprint density at radius 1 is 1.42 bits per heavy atom. The van der Waals surface area contributed by atoms with Crippen molar-refractivity contribution in [2.75, 3.05) is 18.5 Å².